The molecule has 0 aliphatic carbocycles. The molecule has 106 valence electrons. The smallest absolute Gasteiger partial charge is 0.170 e. The third-order valence-electron chi connectivity index (χ3n) is 3.83. The lowest BCUT2D eigenvalue weighted by atomic mass is 9.72. The zero-order chi connectivity index (χ0) is 14.9. The van der Waals surface area contributed by atoms with Crippen LogP contribution in [-0.4, -0.2) is 20.1 Å². The molecule has 0 spiro atoms. The first-order valence-electron chi connectivity index (χ1n) is 7.22. The Balaban J connectivity index is 1.88. The summed E-state index contributed by atoms with van der Waals surface area (Å²) < 4.78 is 11.8. The second kappa shape index (κ2) is 5.92. The highest BCUT2D eigenvalue weighted by Crippen LogP contribution is 2.55. The van der Waals surface area contributed by atoms with Crippen LogP contribution >= 0.6 is 8.38 Å². The molecule has 0 N–H and O–H groups in total. The van der Waals surface area contributed by atoms with Crippen molar-refractivity contribution < 1.29 is 9.05 Å². The molecule has 0 aromatic heterocycles. The van der Waals surface area contributed by atoms with E-state index in [4.69, 9.17) is 16.9 Å². The van der Waals surface area contributed by atoms with Gasteiger partial charge in [-0.3, -0.25) is 0 Å². The van der Waals surface area contributed by atoms with Crippen LogP contribution in [0.1, 0.15) is 19.4 Å². The Hall–Kier alpha value is -1.15. The molecule has 3 rings (SSSR count). The molecule has 3 atom stereocenters. The molecule has 2 nitrogen and oxygen atoms in total. The Morgan fingerprint density at radius 1 is 1.05 bits per heavy atom. The first kappa shape index (κ1) is 14.8. The van der Waals surface area contributed by atoms with Gasteiger partial charge in [0, 0.05) is 6.16 Å². The maximum atomic E-state index is 6.45. The van der Waals surface area contributed by atoms with E-state index in [1.165, 1.54) is 11.1 Å². The third-order valence-corrected chi connectivity index (χ3v) is 5.41. The highest BCUT2D eigenvalue weighted by atomic mass is 31.2. The van der Waals surface area contributed by atoms with Crippen LogP contribution in [0.15, 0.2) is 54.6 Å². The summed E-state index contributed by atoms with van der Waals surface area (Å²) in [4.78, 5) is 0. The Bertz CT molecular complexity index is 602. The standard InChI is InChI=1S/C17H18BO2P/c1-3-21-19-13(2)17(18,20-21)16-11-9-15(10-12-16)14-7-5-4-6-8-14/h4-13H,3H2,1-2H3. The second-order valence-electron chi connectivity index (χ2n) is 5.22. The van der Waals surface area contributed by atoms with Gasteiger partial charge in [0.05, 0.1) is 11.6 Å². The van der Waals surface area contributed by atoms with Gasteiger partial charge >= 0.3 is 0 Å². The molecular formula is C17H18BO2P. The van der Waals surface area contributed by atoms with Crippen molar-refractivity contribution in [1.82, 2.24) is 0 Å². The van der Waals surface area contributed by atoms with Gasteiger partial charge in [0.1, 0.15) is 7.85 Å². The summed E-state index contributed by atoms with van der Waals surface area (Å²) in [6, 6.07) is 18.5. The number of benzene rings is 2. The van der Waals surface area contributed by atoms with Crippen LogP contribution in [0.2, 0.25) is 0 Å². The molecule has 2 radical (unpaired) electrons. The van der Waals surface area contributed by atoms with Crippen molar-refractivity contribution in [2.45, 2.75) is 25.5 Å². The van der Waals surface area contributed by atoms with Gasteiger partial charge in [-0.1, -0.05) is 61.5 Å². The third kappa shape index (κ3) is 2.79. The highest BCUT2D eigenvalue weighted by molar-refractivity contribution is 7.47. The van der Waals surface area contributed by atoms with Crippen molar-refractivity contribution in [3.8, 4) is 11.1 Å². The maximum absolute atomic E-state index is 6.45. The molecule has 3 unspecified atom stereocenters. The van der Waals surface area contributed by atoms with Gasteiger partial charge < -0.3 is 9.05 Å². The first-order chi connectivity index (χ1) is 10.1. The van der Waals surface area contributed by atoms with Crippen LogP contribution < -0.4 is 0 Å². The molecule has 4 heteroatoms. The van der Waals surface area contributed by atoms with Gasteiger partial charge in [-0.25, -0.2) is 0 Å². The van der Waals surface area contributed by atoms with Crippen LogP contribution in [0, 0.1) is 0 Å². The predicted octanol–water partition coefficient (Wildman–Crippen LogP) is 4.44. The van der Waals surface area contributed by atoms with Gasteiger partial charge in [0.2, 0.25) is 0 Å². The Kier molecular flexibility index (Phi) is 4.17. The lowest BCUT2D eigenvalue weighted by Gasteiger charge is -2.27. The van der Waals surface area contributed by atoms with Gasteiger partial charge in [-0.05, 0) is 23.6 Å². The molecule has 1 aliphatic heterocycles. The molecule has 0 saturated carbocycles. The number of hydrogen-bond acceptors (Lipinski definition) is 2. The van der Waals surface area contributed by atoms with Crippen molar-refractivity contribution in [3.63, 3.8) is 0 Å². The van der Waals surface area contributed by atoms with Gasteiger partial charge in [0.25, 0.3) is 0 Å². The van der Waals surface area contributed by atoms with E-state index in [0.29, 0.717) is 0 Å². The second-order valence-corrected chi connectivity index (χ2v) is 6.92. The summed E-state index contributed by atoms with van der Waals surface area (Å²) in [6.07, 6.45) is 0.729. The van der Waals surface area contributed by atoms with Gasteiger partial charge in [0.15, 0.2) is 8.38 Å². The number of rotatable bonds is 3. The average molecular weight is 296 g/mol. The van der Waals surface area contributed by atoms with Crippen LogP contribution in [0.3, 0.4) is 0 Å². The quantitative estimate of drug-likeness (QED) is 0.615. The lowest BCUT2D eigenvalue weighted by molar-refractivity contribution is 0.129. The minimum Gasteiger partial charge on any atom is -0.330 e. The summed E-state index contributed by atoms with van der Waals surface area (Å²) in [5, 5.41) is 0. The van der Waals surface area contributed by atoms with Crippen LogP contribution in [0.4, 0.5) is 0 Å². The van der Waals surface area contributed by atoms with Crippen molar-refractivity contribution in [2.24, 2.45) is 0 Å². The molecule has 2 aromatic carbocycles. The van der Waals surface area contributed by atoms with E-state index in [2.05, 4.69) is 31.2 Å². The zero-order valence-electron chi connectivity index (χ0n) is 12.3. The summed E-state index contributed by atoms with van der Waals surface area (Å²) >= 11 is 0. The van der Waals surface area contributed by atoms with Crippen molar-refractivity contribution in [3.05, 3.63) is 60.2 Å². The fraction of sp³-hybridized carbons (Fsp3) is 0.294. The average Bonchev–Trinajstić information content (AvgIpc) is 2.84. The van der Waals surface area contributed by atoms with E-state index >= 15 is 0 Å². The van der Waals surface area contributed by atoms with E-state index < -0.39 is 13.9 Å². The lowest BCUT2D eigenvalue weighted by Crippen LogP contribution is -2.35. The summed E-state index contributed by atoms with van der Waals surface area (Å²) in [6.45, 7) is 4.03. The summed E-state index contributed by atoms with van der Waals surface area (Å²) in [5.74, 6) is 0. The van der Waals surface area contributed by atoms with E-state index in [-0.39, 0.29) is 6.10 Å². The topological polar surface area (TPSA) is 18.5 Å². The monoisotopic (exact) mass is 296 g/mol. The van der Waals surface area contributed by atoms with Gasteiger partial charge in [-0.2, -0.15) is 0 Å². The molecule has 1 fully saturated rings. The minimum atomic E-state index is -0.870. The fourth-order valence-electron chi connectivity index (χ4n) is 2.50. The van der Waals surface area contributed by atoms with Crippen LogP contribution in [-0.2, 0) is 14.5 Å². The first-order valence-corrected chi connectivity index (χ1v) is 8.58. The van der Waals surface area contributed by atoms with E-state index in [1.54, 1.807) is 0 Å². The molecule has 0 bridgehead atoms. The van der Waals surface area contributed by atoms with E-state index in [1.807, 2.05) is 37.3 Å². The predicted molar refractivity (Wildman–Crippen MR) is 88.4 cm³/mol. The molecule has 1 saturated heterocycles. The SMILES string of the molecule is [B]C1(c2ccc(-c3ccccc3)cc2)OP(CC)OC1C. The van der Waals surface area contributed by atoms with Crippen LogP contribution in [0.5, 0.6) is 0 Å². The largest absolute Gasteiger partial charge is 0.330 e. The molecule has 0 amide bonds. The van der Waals surface area contributed by atoms with Crippen molar-refractivity contribution in [2.75, 3.05) is 6.16 Å². The van der Waals surface area contributed by atoms with E-state index in [9.17, 15) is 0 Å². The minimum absolute atomic E-state index is 0.133. The van der Waals surface area contributed by atoms with Gasteiger partial charge in [-0.15, -0.1) is 0 Å². The van der Waals surface area contributed by atoms with Crippen molar-refractivity contribution >= 4 is 16.2 Å². The molecular weight excluding hydrogens is 278 g/mol. The molecule has 1 aliphatic rings. The summed E-state index contributed by atoms with van der Waals surface area (Å²) in [5.41, 5.74) is 2.50. The number of hydrogen-bond donors (Lipinski definition) is 0. The fourth-order valence-corrected chi connectivity index (χ4v) is 3.92. The zero-order valence-corrected chi connectivity index (χ0v) is 13.2. The molecule has 2 aromatic rings. The highest BCUT2D eigenvalue weighted by Gasteiger charge is 2.44. The van der Waals surface area contributed by atoms with E-state index in [0.717, 1.165) is 11.7 Å². The summed E-state index contributed by atoms with van der Waals surface area (Å²) in [7, 11) is 5.58. The van der Waals surface area contributed by atoms with Crippen LogP contribution in [0.25, 0.3) is 11.1 Å². The Labute approximate surface area is 128 Å². The molecule has 21 heavy (non-hydrogen) atoms. The normalized spacial score (nSPS) is 28.7. The Morgan fingerprint density at radius 2 is 1.67 bits per heavy atom. The Morgan fingerprint density at radius 3 is 2.24 bits per heavy atom. The van der Waals surface area contributed by atoms with Crippen molar-refractivity contribution in [1.29, 1.82) is 0 Å². The molecule has 1 heterocycles. The maximum Gasteiger partial charge on any atom is 0.170 e.